The Bertz CT molecular complexity index is 895. The molecule has 2 aromatic carbocycles. The van der Waals surface area contributed by atoms with E-state index >= 15 is 0 Å². The van der Waals surface area contributed by atoms with E-state index in [1.165, 1.54) is 24.0 Å². The topological polar surface area (TPSA) is 49.8 Å². The average molecular weight is 422 g/mol. The number of anilines is 1. The first kappa shape index (κ1) is 21.7. The maximum Gasteiger partial charge on any atom is 0.306 e. The largest absolute Gasteiger partial charge is 0.490 e. The van der Waals surface area contributed by atoms with E-state index in [4.69, 9.17) is 4.74 Å². The quantitative estimate of drug-likeness (QED) is 0.587. The fourth-order valence-electron chi connectivity index (χ4n) is 5.06. The van der Waals surface area contributed by atoms with Crippen LogP contribution in [0.1, 0.15) is 58.8 Å². The number of carboxylic acids is 1. The molecule has 2 saturated carbocycles. The molecule has 1 N–H and O–H groups in total. The molecule has 2 atom stereocenters. The van der Waals surface area contributed by atoms with Crippen LogP contribution in [-0.2, 0) is 4.79 Å². The second-order valence-electron chi connectivity index (χ2n) is 10.2. The smallest absolute Gasteiger partial charge is 0.306 e. The van der Waals surface area contributed by atoms with Crippen molar-refractivity contribution >= 4 is 11.7 Å². The van der Waals surface area contributed by atoms with Crippen molar-refractivity contribution in [3.63, 3.8) is 0 Å². The highest BCUT2D eigenvalue weighted by Gasteiger charge is 2.32. The van der Waals surface area contributed by atoms with E-state index in [0.717, 1.165) is 43.5 Å². The van der Waals surface area contributed by atoms with Gasteiger partial charge in [0.25, 0.3) is 0 Å². The van der Waals surface area contributed by atoms with Crippen LogP contribution in [0.2, 0.25) is 0 Å². The summed E-state index contributed by atoms with van der Waals surface area (Å²) >= 11 is 0. The molecule has 4 heteroatoms. The molecule has 0 spiro atoms. The summed E-state index contributed by atoms with van der Waals surface area (Å²) in [7, 11) is 2.08. The van der Waals surface area contributed by atoms with Gasteiger partial charge in [-0.1, -0.05) is 38.1 Å². The number of carbonyl (C=O) groups is 1. The van der Waals surface area contributed by atoms with Gasteiger partial charge in [0, 0.05) is 18.8 Å². The van der Waals surface area contributed by atoms with E-state index in [2.05, 4.69) is 74.3 Å². The molecule has 2 aromatic rings. The van der Waals surface area contributed by atoms with Crippen LogP contribution in [-0.4, -0.2) is 30.3 Å². The van der Waals surface area contributed by atoms with E-state index in [1.807, 2.05) is 0 Å². The van der Waals surface area contributed by atoms with Crippen LogP contribution in [0.5, 0.6) is 5.75 Å². The number of rotatable bonds is 6. The number of benzene rings is 2. The normalized spacial score (nSPS) is 23.5. The first-order valence-electron chi connectivity index (χ1n) is 11.6. The van der Waals surface area contributed by atoms with E-state index in [1.54, 1.807) is 0 Å². The van der Waals surface area contributed by atoms with Gasteiger partial charge in [-0.05, 0) is 85.8 Å². The van der Waals surface area contributed by atoms with Gasteiger partial charge in [0.2, 0.25) is 0 Å². The fraction of sp³-hybridized carbons (Fsp3) is 0.519. The van der Waals surface area contributed by atoms with Crippen LogP contribution in [0, 0.1) is 11.3 Å². The fourth-order valence-corrected chi connectivity index (χ4v) is 5.06. The minimum atomic E-state index is -0.663. The number of nitrogens with zero attached hydrogens (tertiary/aromatic N) is 1. The second kappa shape index (κ2) is 8.94. The van der Waals surface area contributed by atoms with Gasteiger partial charge in [-0.2, -0.15) is 0 Å². The Kier molecular flexibility index (Phi) is 6.27. The van der Waals surface area contributed by atoms with Gasteiger partial charge >= 0.3 is 5.97 Å². The molecular weight excluding hydrogens is 386 g/mol. The summed E-state index contributed by atoms with van der Waals surface area (Å²) in [5, 5.41) is 9.30. The molecule has 0 amide bonds. The highest BCUT2D eigenvalue weighted by molar-refractivity contribution is 5.71. The second-order valence-corrected chi connectivity index (χ2v) is 10.2. The van der Waals surface area contributed by atoms with Crippen molar-refractivity contribution in [2.45, 2.75) is 70.9 Å². The number of hydrogen-bond acceptors (Lipinski definition) is 3. The highest BCUT2D eigenvalue weighted by atomic mass is 16.5. The zero-order valence-electron chi connectivity index (χ0n) is 19.0. The maximum absolute atomic E-state index is 11.3. The van der Waals surface area contributed by atoms with Gasteiger partial charge in [-0.3, -0.25) is 4.79 Å². The van der Waals surface area contributed by atoms with Crippen LogP contribution < -0.4 is 9.64 Å². The zero-order chi connectivity index (χ0) is 22.0. The van der Waals surface area contributed by atoms with Crippen molar-refractivity contribution < 1.29 is 14.6 Å². The van der Waals surface area contributed by atoms with Gasteiger partial charge in [-0.15, -0.1) is 0 Å². The SMILES string of the molecule is CN(c1cccc(-c2ccc(OC3CCC(C)(C)CC3)cc2)c1)C1CCC(C(=O)O)C1. The lowest BCUT2D eigenvalue weighted by atomic mass is 9.76. The zero-order valence-corrected chi connectivity index (χ0v) is 19.0. The molecule has 166 valence electrons. The van der Waals surface area contributed by atoms with Crippen molar-refractivity contribution in [3.05, 3.63) is 48.5 Å². The molecule has 2 unspecified atom stereocenters. The third kappa shape index (κ3) is 5.23. The van der Waals surface area contributed by atoms with Gasteiger partial charge in [-0.25, -0.2) is 0 Å². The number of ether oxygens (including phenoxy) is 1. The van der Waals surface area contributed by atoms with Crippen molar-refractivity contribution in [3.8, 4) is 16.9 Å². The van der Waals surface area contributed by atoms with Crippen LogP contribution in [0.15, 0.2) is 48.5 Å². The molecule has 2 aliphatic rings. The van der Waals surface area contributed by atoms with Crippen molar-refractivity contribution in [2.24, 2.45) is 11.3 Å². The molecule has 0 bridgehead atoms. The Balaban J connectivity index is 1.40. The summed E-state index contributed by atoms with van der Waals surface area (Å²) in [6, 6.07) is 17.2. The maximum atomic E-state index is 11.3. The lowest BCUT2D eigenvalue weighted by Crippen LogP contribution is -2.29. The Morgan fingerprint density at radius 1 is 1.00 bits per heavy atom. The third-order valence-electron chi connectivity index (χ3n) is 7.33. The summed E-state index contributed by atoms with van der Waals surface area (Å²) in [6.45, 7) is 4.70. The van der Waals surface area contributed by atoms with Gasteiger partial charge in [0.1, 0.15) is 5.75 Å². The first-order chi connectivity index (χ1) is 14.8. The summed E-state index contributed by atoms with van der Waals surface area (Å²) in [5.74, 6) is 0.0784. The van der Waals surface area contributed by atoms with Gasteiger partial charge < -0.3 is 14.7 Å². The molecule has 4 rings (SSSR count). The van der Waals surface area contributed by atoms with Crippen molar-refractivity contribution in [1.29, 1.82) is 0 Å². The van der Waals surface area contributed by atoms with E-state index < -0.39 is 5.97 Å². The highest BCUT2D eigenvalue weighted by Crippen LogP contribution is 2.37. The van der Waals surface area contributed by atoms with Gasteiger partial charge in [0.05, 0.1) is 12.0 Å². The lowest BCUT2D eigenvalue weighted by Gasteiger charge is -2.34. The molecule has 0 aliphatic heterocycles. The number of hydrogen-bond donors (Lipinski definition) is 1. The van der Waals surface area contributed by atoms with Crippen molar-refractivity contribution in [1.82, 2.24) is 0 Å². The molecule has 0 aromatic heterocycles. The minimum Gasteiger partial charge on any atom is -0.490 e. The summed E-state index contributed by atoms with van der Waals surface area (Å²) in [4.78, 5) is 13.5. The molecule has 2 fully saturated rings. The summed E-state index contributed by atoms with van der Waals surface area (Å²) in [6.07, 6.45) is 7.47. The Hall–Kier alpha value is -2.49. The lowest BCUT2D eigenvalue weighted by molar-refractivity contribution is -0.141. The van der Waals surface area contributed by atoms with Crippen LogP contribution >= 0.6 is 0 Å². The first-order valence-corrected chi connectivity index (χ1v) is 11.6. The molecule has 2 aliphatic carbocycles. The Morgan fingerprint density at radius 2 is 1.71 bits per heavy atom. The molecule has 0 heterocycles. The van der Waals surface area contributed by atoms with Crippen LogP contribution in [0.3, 0.4) is 0 Å². The van der Waals surface area contributed by atoms with E-state index in [0.29, 0.717) is 11.5 Å². The summed E-state index contributed by atoms with van der Waals surface area (Å²) < 4.78 is 6.24. The predicted octanol–water partition coefficient (Wildman–Crippen LogP) is 6.39. The molecule has 0 saturated heterocycles. The Labute approximate surface area is 186 Å². The average Bonchev–Trinajstić information content (AvgIpc) is 3.26. The Morgan fingerprint density at radius 3 is 2.35 bits per heavy atom. The monoisotopic (exact) mass is 421 g/mol. The standard InChI is InChI=1S/C27H35NO3/c1-27(2)15-13-25(14-16-27)31-24-11-8-19(9-12-24)20-5-4-6-22(17-20)28(3)23-10-7-21(18-23)26(29)30/h4-6,8-9,11-12,17,21,23,25H,7,10,13-16,18H2,1-3H3,(H,29,30). The van der Waals surface area contributed by atoms with E-state index in [-0.39, 0.29) is 12.0 Å². The molecular formula is C27H35NO3. The van der Waals surface area contributed by atoms with Crippen molar-refractivity contribution in [2.75, 3.05) is 11.9 Å². The number of aliphatic carboxylic acids is 1. The molecule has 31 heavy (non-hydrogen) atoms. The minimum absolute atomic E-state index is 0.210. The number of carboxylic acid groups (broad SMARTS) is 1. The predicted molar refractivity (Wildman–Crippen MR) is 126 cm³/mol. The molecule has 4 nitrogen and oxygen atoms in total. The van der Waals surface area contributed by atoms with Crippen LogP contribution in [0.4, 0.5) is 5.69 Å². The summed E-state index contributed by atoms with van der Waals surface area (Å²) in [5.41, 5.74) is 3.93. The third-order valence-corrected chi connectivity index (χ3v) is 7.33. The molecule has 0 radical (unpaired) electrons. The van der Waals surface area contributed by atoms with Crippen LogP contribution in [0.25, 0.3) is 11.1 Å². The van der Waals surface area contributed by atoms with Gasteiger partial charge in [0.15, 0.2) is 0 Å². The van der Waals surface area contributed by atoms with E-state index in [9.17, 15) is 9.90 Å².